The lowest BCUT2D eigenvalue weighted by molar-refractivity contribution is 0.669. The van der Waals surface area contributed by atoms with Crippen LogP contribution in [0.4, 0.5) is 0 Å². The molecule has 0 radical (unpaired) electrons. The lowest BCUT2D eigenvalue weighted by atomic mass is 9.85. The van der Waals surface area contributed by atoms with Gasteiger partial charge < -0.3 is 4.42 Å². The van der Waals surface area contributed by atoms with E-state index in [0.29, 0.717) is 0 Å². The van der Waals surface area contributed by atoms with Crippen LogP contribution in [0.25, 0.3) is 65.7 Å². The van der Waals surface area contributed by atoms with E-state index in [9.17, 15) is 0 Å². The fourth-order valence-corrected chi connectivity index (χ4v) is 5.75. The van der Waals surface area contributed by atoms with E-state index in [2.05, 4.69) is 111 Å². The highest BCUT2D eigenvalue weighted by Gasteiger charge is 2.17. The first kappa shape index (κ1) is 20.1. The van der Waals surface area contributed by atoms with Crippen LogP contribution in [0.2, 0.25) is 0 Å². The van der Waals surface area contributed by atoms with Gasteiger partial charge in [-0.15, -0.1) is 0 Å². The molecule has 0 aliphatic heterocycles. The molecule has 7 aromatic rings. The molecule has 0 saturated carbocycles. The van der Waals surface area contributed by atoms with Gasteiger partial charge in [-0.05, 0) is 75.8 Å². The van der Waals surface area contributed by atoms with Crippen LogP contribution in [0.3, 0.4) is 0 Å². The van der Waals surface area contributed by atoms with Crippen molar-refractivity contribution in [2.75, 3.05) is 0 Å². The average molecular weight is 449 g/mol. The molecule has 0 unspecified atom stereocenters. The van der Waals surface area contributed by atoms with Crippen molar-refractivity contribution >= 4 is 43.5 Å². The fraction of sp³-hybridized carbons (Fsp3) is 0.0588. The molecule has 7 rings (SSSR count). The quantitative estimate of drug-likeness (QED) is 0.240. The first-order valence-corrected chi connectivity index (χ1v) is 12.1. The highest BCUT2D eigenvalue weighted by molar-refractivity contribution is 6.22. The van der Waals surface area contributed by atoms with E-state index in [1.807, 2.05) is 12.1 Å². The molecular formula is C34H24O. The van der Waals surface area contributed by atoms with Gasteiger partial charge in [0, 0.05) is 10.8 Å². The number of benzene rings is 6. The minimum atomic E-state index is 0.926. The summed E-state index contributed by atoms with van der Waals surface area (Å²) in [6.45, 7) is 4.36. The summed E-state index contributed by atoms with van der Waals surface area (Å²) in [6, 6.07) is 39.4. The maximum atomic E-state index is 6.26. The standard InChI is InChI=1S/C34H24O/c1-21-17-22(2)19-24(18-21)34-29-12-5-3-10-27(29)33(28-11-4-6-13-30(28)34)23-15-16-26-25-9-7-8-14-31(25)35-32(26)20-23/h3-20H,1-2H3. The Bertz CT molecular complexity index is 1840. The zero-order valence-electron chi connectivity index (χ0n) is 19.8. The van der Waals surface area contributed by atoms with Crippen molar-refractivity contribution in [1.29, 1.82) is 0 Å². The number of furan rings is 1. The molecule has 1 heterocycles. The molecule has 0 N–H and O–H groups in total. The van der Waals surface area contributed by atoms with Crippen LogP contribution in [0.5, 0.6) is 0 Å². The smallest absolute Gasteiger partial charge is 0.136 e. The zero-order valence-corrected chi connectivity index (χ0v) is 19.8. The molecule has 0 bridgehead atoms. The van der Waals surface area contributed by atoms with Crippen molar-refractivity contribution in [2.24, 2.45) is 0 Å². The molecule has 0 atom stereocenters. The maximum absolute atomic E-state index is 6.26. The Labute approximate surface area is 204 Å². The highest BCUT2D eigenvalue weighted by Crippen LogP contribution is 2.44. The largest absolute Gasteiger partial charge is 0.456 e. The number of para-hydroxylation sites is 1. The third-order valence-corrected chi connectivity index (χ3v) is 7.11. The SMILES string of the molecule is Cc1cc(C)cc(-c2c3ccccc3c(-c3ccc4c(c3)oc3ccccc34)c3ccccc23)c1. The van der Waals surface area contributed by atoms with E-state index in [1.54, 1.807) is 0 Å². The molecular weight excluding hydrogens is 424 g/mol. The first-order chi connectivity index (χ1) is 17.2. The summed E-state index contributed by atoms with van der Waals surface area (Å²) in [4.78, 5) is 0. The molecule has 0 aliphatic carbocycles. The highest BCUT2D eigenvalue weighted by atomic mass is 16.3. The van der Waals surface area contributed by atoms with Crippen LogP contribution in [0, 0.1) is 13.8 Å². The molecule has 0 spiro atoms. The van der Waals surface area contributed by atoms with Gasteiger partial charge >= 0.3 is 0 Å². The summed E-state index contributed by atoms with van der Waals surface area (Å²) in [5.74, 6) is 0. The van der Waals surface area contributed by atoms with E-state index in [0.717, 1.165) is 21.9 Å². The van der Waals surface area contributed by atoms with Crippen LogP contribution in [-0.4, -0.2) is 0 Å². The molecule has 6 aromatic carbocycles. The second kappa shape index (κ2) is 7.58. The van der Waals surface area contributed by atoms with Gasteiger partial charge in [-0.2, -0.15) is 0 Å². The predicted octanol–water partition coefficient (Wildman–Crippen LogP) is 9.84. The van der Waals surface area contributed by atoms with E-state index >= 15 is 0 Å². The summed E-state index contributed by atoms with van der Waals surface area (Å²) < 4.78 is 6.26. The molecule has 35 heavy (non-hydrogen) atoms. The van der Waals surface area contributed by atoms with Gasteiger partial charge in [-0.25, -0.2) is 0 Å². The Morgan fingerprint density at radius 3 is 1.49 bits per heavy atom. The van der Waals surface area contributed by atoms with Crippen LogP contribution < -0.4 is 0 Å². The Hall–Kier alpha value is -4.36. The summed E-state index contributed by atoms with van der Waals surface area (Å²) in [7, 11) is 0. The van der Waals surface area contributed by atoms with Crippen molar-refractivity contribution in [3.05, 3.63) is 120 Å². The molecule has 166 valence electrons. The zero-order chi connectivity index (χ0) is 23.5. The topological polar surface area (TPSA) is 13.1 Å². The van der Waals surface area contributed by atoms with Crippen LogP contribution >= 0.6 is 0 Å². The number of aryl methyl sites for hydroxylation is 2. The van der Waals surface area contributed by atoms with E-state index < -0.39 is 0 Å². The molecule has 1 heteroatoms. The number of hydrogen-bond acceptors (Lipinski definition) is 1. The lowest BCUT2D eigenvalue weighted by Crippen LogP contribution is -1.91. The van der Waals surface area contributed by atoms with Crippen LogP contribution in [0.1, 0.15) is 11.1 Å². The summed E-state index contributed by atoms with van der Waals surface area (Å²) in [6.07, 6.45) is 0. The van der Waals surface area contributed by atoms with Crippen molar-refractivity contribution < 1.29 is 4.42 Å². The first-order valence-electron chi connectivity index (χ1n) is 12.1. The van der Waals surface area contributed by atoms with Gasteiger partial charge in [0.25, 0.3) is 0 Å². The lowest BCUT2D eigenvalue weighted by Gasteiger charge is -2.18. The van der Waals surface area contributed by atoms with E-state index in [4.69, 9.17) is 4.42 Å². The van der Waals surface area contributed by atoms with Crippen LogP contribution in [0.15, 0.2) is 114 Å². The number of rotatable bonds is 2. The minimum Gasteiger partial charge on any atom is -0.456 e. The van der Waals surface area contributed by atoms with Gasteiger partial charge in [-0.1, -0.05) is 102 Å². The van der Waals surface area contributed by atoms with Gasteiger partial charge in [-0.3, -0.25) is 0 Å². The van der Waals surface area contributed by atoms with Crippen molar-refractivity contribution in [2.45, 2.75) is 13.8 Å². The minimum absolute atomic E-state index is 0.926. The summed E-state index contributed by atoms with van der Waals surface area (Å²) in [5.41, 5.74) is 9.43. The summed E-state index contributed by atoms with van der Waals surface area (Å²) >= 11 is 0. The Balaban J connectivity index is 1.60. The molecule has 0 saturated heterocycles. The van der Waals surface area contributed by atoms with Crippen molar-refractivity contribution in [1.82, 2.24) is 0 Å². The molecule has 1 aromatic heterocycles. The third-order valence-electron chi connectivity index (χ3n) is 7.11. The number of fused-ring (bicyclic) bond motifs is 5. The number of hydrogen-bond donors (Lipinski definition) is 0. The second-order valence-electron chi connectivity index (χ2n) is 9.53. The molecule has 1 nitrogen and oxygen atoms in total. The fourth-order valence-electron chi connectivity index (χ4n) is 5.75. The van der Waals surface area contributed by atoms with E-state index in [-0.39, 0.29) is 0 Å². The van der Waals surface area contributed by atoms with Crippen LogP contribution in [-0.2, 0) is 0 Å². The van der Waals surface area contributed by atoms with Gasteiger partial charge in [0.05, 0.1) is 0 Å². The predicted molar refractivity (Wildman–Crippen MR) is 149 cm³/mol. The van der Waals surface area contributed by atoms with E-state index in [1.165, 1.54) is 54.9 Å². The Morgan fingerprint density at radius 2 is 0.886 bits per heavy atom. The van der Waals surface area contributed by atoms with Gasteiger partial charge in [0.15, 0.2) is 0 Å². The molecule has 0 aliphatic rings. The van der Waals surface area contributed by atoms with Gasteiger partial charge in [0.1, 0.15) is 11.2 Å². The molecule has 0 amide bonds. The third kappa shape index (κ3) is 3.09. The average Bonchev–Trinajstić information content (AvgIpc) is 3.24. The maximum Gasteiger partial charge on any atom is 0.136 e. The Morgan fingerprint density at radius 1 is 0.400 bits per heavy atom. The van der Waals surface area contributed by atoms with Crippen molar-refractivity contribution in [3.8, 4) is 22.3 Å². The monoisotopic (exact) mass is 448 g/mol. The normalized spacial score (nSPS) is 11.7. The second-order valence-corrected chi connectivity index (χ2v) is 9.53. The molecule has 0 fully saturated rings. The van der Waals surface area contributed by atoms with Gasteiger partial charge in [0.2, 0.25) is 0 Å². The summed E-state index contributed by atoms with van der Waals surface area (Å²) in [5, 5.41) is 7.39. The Kier molecular flexibility index (Phi) is 4.34. The van der Waals surface area contributed by atoms with Crippen molar-refractivity contribution in [3.63, 3.8) is 0 Å².